The van der Waals surface area contributed by atoms with Gasteiger partial charge in [0.15, 0.2) is 0 Å². The van der Waals surface area contributed by atoms with E-state index in [1.807, 2.05) is 0 Å². The maximum absolute atomic E-state index is 9.27. The number of nitrogens with two attached hydrogens (primary N) is 1. The molecule has 4 heteroatoms. The van der Waals surface area contributed by atoms with E-state index >= 15 is 0 Å². The maximum atomic E-state index is 9.27. The average molecular weight is 160 g/mol. The first-order valence-corrected chi connectivity index (χ1v) is 4.04. The van der Waals surface area contributed by atoms with Crippen LogP contribution in [0.25, 0.3) is 0 Å². The Balaban J connectivity index is 2.05. The van der Waals surface area contributed by atoms with Gasteiger partial charge in [0.25, 0.3) is 0 Å². The Hall–Kier alpha value is -0.160. The van der Waals surface area contributed by atoms with Crippen molar-refractivity contribution in [2.24, 2.45) is 5.73 Å². The molecule has 0 bridgehead atoms. The molecule has 1 saturated heterocycles. The fourth-order valence-corrected chi connectivity index (χ4v) is 1.13. The molecular weight excluding hydrogens is 144 g/mol. The van der Waals surface area contributed by atoms with E-state index in [4.69, 9.17) is 10.5 Å². The van der Waals surface area contributed by atoms with Crippen molar-refractivity contribution in [1.82, 2.24) is 5.32 Å². The zero-order chi connectivity index (χ0) is 8.10. The molecule has 66 valence electrons. The van der Waals surface area contributed by atoms with Crippen molar-refractivity contribution in [1.29, 1.82) is 0 Å². The lowest BCUT2D eigenvalue weighted by atomic mass is 10.2. The molecule has 0 aromatic carbocycles. The third-order valence-electron chi connectivity index (χ3n) is 1.84. The highest BCUT2D eigenvalue weighted by Gasteiger charge is 2.24. The zero-order valence-electron chi connectivity index (χ0n) is 6.62. The van der Waals surface area contributed by atoms with Gasteiger partial charge in [0.2, 0.25) is 0 Å². The first kappa shape index (κ1) is 8.93. The van der Waals surface area contributed by atoms with Crippen molar-refractivity contribution in [3.8, 4) is 0 Å². The Morgan fingerprint density at radius 2 is 2.36 bits per heavy atom. The molecule has 2 unspecified atom stereocenters. The number of aliphatic hydroxyl groups excluding tert-OH is 1. The van der Waals surface area contributed by atoms with Gasteiger partial charge in [-0.3, -0.25) is 0 Å². The molecule has 1 aliphatic heterocycles. The summed E-state index contributed by atoms with van der Waals surface area (Å²) in [6, 6.07) is 0.113. The predicted molar refractivity (Wildman–Crippen MR) is 42.3 cm³/mol. The van der Waals surface area contributed by atoms with E-state index < -0.39 is 0 Å². The molecule has 4 nitrogen and oxygen atoms in total. The van der Waals surface area contributed by atoms with Crippen LogP contribution in [0.15, 0.2) is 0 Å². The van der Waals surface area contributed by atoms with Crippen molar-refractivity contribution < 1.29 is 9.84 Å². The molecule has 4 N–H and O–H groups in total. The molecule has 2 atom stereocenters. The van der Waals surface area contributed by atoms with Gasteiger partial charge >= 0.3 is 0 Å². The topological polar surface area (TPSA) is 67.5 Å². The summed E-state index contributed by atoms with van der Waals surface area (Å²) in [7, 11) is 0. The Bertz CT molecular complexity index is 111. The smallest absolute Gasteiger partial charge is 0.0948 e. The SMILES string of the molecule is NCCCNC1COCC1O. The number of aliphatic hydroxyl groups is 1. The van der Waals surface area contributed by atoms with E-state index in [1.165, 1.54) is 0 Å². The second kappa shape index (κ2) is 4.66. The first-order valence-electron chi connectivity index (χ1n) is 4.04. The van der Waals surface area contributed by atoms with Crippen LogP contribution in [-0.4, -0.2) is 43.6 Å². The summed E-state index contributed by atoms with van der Waals surface area (Å²) in [5, 5.41) is 12.4. The molecule has 0 aromatic rings. The highest BCUT2D eigenvalue weighted by Crippen LogP contribution is 2.04. The summed E-state index contributed by atoms with van der Waals surface area (Å²) in [4.78, 5) is 0. The standard InChI is InChI=1S/C7H16N2O2/c8-2-1-3-9-6-4-11-5-7(6)10/h6-7,9-10H,1-5,8H2. The van der Waals surface area contributed by atoms with Crippen LogP contribution in [-0.2, 0) is 4.74 Å². The first-order chi connectivity index (χ1) is 5.34. The Morgan fingerprint density at radius 1 is 1.55 bits per heavy atom. The van der Waals surface area contributed by atoms with Gasteiger partial charge in [-0.2, -0.15) is 0 Å². The number of rotatable bonds is 4. The minimum atomic E-state index is -0.340. The number of ether oxygens (including phenoxy) is 1. The van der Waals surface area contributed by atoms with Crippen molar-refractivity contribution >= 4 is 0 Å². The molecule has 1 fully saturated rings. The van der Waals surface area contributed by atoms with Gasteiger partial charge in [-0.25, -0.2) is 0 Å². The minimum absolute atomic E-state index is 0.113. The zero-order valence-corrected chi connectivity index (χ0v) is 6.62. The Kier molecular flexibility index (Phi) is 3.79. The van der Waals surface area contributed by atoms with E-state index in [1.54, 1.807) is 0 Å². The number of hydrogen-bond donors (Lipinski definition) is 3. The summed E-state index contributed by atoms with van der Waals surface area (Å²) >= 11 is 0. The van der Waals surface area contributed by atoms with Gasteiger partial charge in [0, 0.05) is 0 Å². The van der Waals surface area contributed by atoms with Gasteiger partial charge in [-0.15, -0.1) is 0 Å². The molecule has 1 heterocycles. The lowest BCUT2D eigenvalue weighted by molar-refractivity contribution is 0.122. The van der Waals surface area contributed by atoms with E-state index in [2.05, 4.69) is 5.32 Å². The van der Waals surface area contributed by atoms with Crippen molar-refractivity contribution in [2.75, 3.05) is 26.3 Å². The van der Waals surface area contributed by atoms with Crippen LogP contribution < -0.4 is 11.1 Å². The highest BCUT2D eigenvalue weighted by atomic mass is 16.5. The summed E-state index contributed by atoms with van der Waals surface area (Å²) in [6.07, 6.45) is 0.608. The van der Waals surface area contributed by atoms with E-state index in [0.29, 0.717) is 19.8 Å². The summed E-state index contributed by atoms with van der Waals surface area (Å²) in [5.74, 6) is 0. The van der Waals surface area contributed by atoms with Crippen molar-refractivity contribution in [3.05, 3.63) is 0 Å². The van der Waals surface area contributed by atoms with Crippen LogP contribution >= 0.6 is 0 Å². The second-order valence-corrected chi connectivity index (χ2v) is 2.81. The van der Waals surface area contributed by atoms with Crippen LogP contribution in [0.1, 0.15) is 6.42 Å². The molecule has 0 aromatic heterocycles. The van der Waals surface area contributed by atoms with Crippen molar-refractivity contribution in [2.45, 2.75) is 18.6 Å². The maximum Gasteiger partial charge on any atom is 0.0948 e. The van der Waals surface area contributed by atoms with E-state index in [9.17, 15) is 5.11 Å². The van der Waals surface area contributed by atoms with Gasteiger partial charge in [-0.1, -0.05) is 0 Å². The molecule has 1 aliphatic rings. The third kappa shape index (κ3) is 2.75. The van der Waals surface area contributed by atoms with Gasteiger partial charge in [-0.05, 0) is 19.5 Å². The minimum Gasteiger partial charge on any atom is -0.389 e. The quantitative estimate of drug-likeness (QED) is 0.446. The van der Waals surface area contributed by atoms with Gasteiger partial charge in [0.05, 0.1) is 25.4 Å². The molecule has 11 heavy (non-hydrogen) atoms. The number of hydrogen-bond acceptors (Lipinski definition) is 4. The largest absolute Gasteiger partial charge is 0.389 e. The molecule has 1 rings (SSSR count). The predicted octanol–water partition coefficient (Wildman–Crippen LogP) is -1.32. The summed E-state index contributed by atoms with van der Waals surface area (Å²) in [5.41, 5.74) is 5.31. The summed E-state index contributed by atoms with van der Waals surface area (Å²) < 4.78 is 5.06. The fourth-order valence-electron chi connectivity index (χ4n) is 1.13. The molecule has 0 amide bonds. The third-order valence-corrected chi connectivity index (χ3v) is 1.84. The lowest BCUT2D eigenvalue weighted by Crippen LogP contribution is -2.39. The molecule has 0 aliphatic carbocycles. The Labute approximate surface area is 66.7 Å². The lowest BCUT2D eigenvalue weighted by Gasteiger charge is -2.13. The van der Waals surface area contributed by atoms with Crippen molar-refractivity contribution in [3.63, 3.8) is 0 Å². The van der Waals surface area contributed by atoms with Crippen LogP contribution in [0.4, 0.5) is 0 Å². The van der Waals surface area contributed by atoms with Gasteiger partial charge in [0.1, 0.15) is 0 Å². The fraction of sp³-hybridized carbons (Fsp3) is 1.00. The van der Waals surface area contributed by atoms with Crippen LogP contribution in [0.3, 0.4) is 0 Å². The average Bonchev–Trinajstić information content (AvgIpc) is 2.37. The summed E-state index contributed by atoms with van der Waals surface area (Å²) in [6.45, 7) is 2.63. The molecular formula is C7H16N2O2. The highest BCUT2D eigenvalue weighted by molar-refractivity contribution is 4.80. The van der Waals surface area contributed by atoms with Gasteiger partial charge < -0.3 is 20.9 Å². The van der Waals surface area contributed by atoms with Crippen LogP contribution in [0.5, 0.6) is 0 Å². The number of nitrogens with one attached hydrogen (secondary N) is 1. The normalized spacial score (nSPS) is 31.1. The molecule has 0 spiro atoms. The Morgan fingerprint density at radius 3 is 2.91 bits per heavy atom. The van der Waals surface area contributed by atoms with Crippen LogP contribution in [0.2, 0.25) is 0 Å². The van der Waals surface area contributed by atoms with E-state index in [0.717, 1.165) is 13.0 Å². The molecule has 0 saturated carbocycles. The van der Waals surface area contributed by atoms with Crippen LogP contribution in [0, 0.1) is 0 Å². The second-order valence-electron chi connectivity index (χ2n) is 2.81. The molecule has 0 radical (unpaired) electrons. The monoisotopic (exact) mass is 160 g/mol. The van der Waals surface area contributed by atoms with E-state index in [-0.39, 0.29) is 12.1 Å².